The third-order valence-corrected chi connectivity index (χ3v) is 5.71. The number of oxime groups is 1. The molecule has 1 aromatic rings. The van der Waals surface area contributed by atoms with Gasteiger partial charge in [0, 0.05) is 13.3 Å². The van der Waals surface area contributed by atoms with Gasteiger partial charge in [-0.15, -0.1) is 0 Å². The van der Waals surface area contributed by atoms with Crippen molar-refractivity contribution in [2.75, 3.05) is 0 Å². The molecule has 0 aromatic heterocycles. The number of hydroxylamine groups is 1. The van der Waals surface area contributed by atoms with E-state index >= 15 is 0 Å². The number of benzene rings is 1. The molecule has 4 nitrogen and oxygen atoms in total. The van der Waals surface area contributed by atoms with Crippen LogP contribution in [0.25, 0.3) is 0 Å². The summed E-state index contributed by atoms with van der Waals surface area (Å²) in [5.41, 5.74) is -0.0199. The highest BCUT2D eigenvalue weighted by Crippen LogP contribution is 2.66. The zero-order valence-corrected chi connectivity index (χ0v) is 13.1. The standard InChI is InChI=1S/C17H21FN2O2/c1-16(2)12-8-15(19-21)17(3,9-13(12)16)20(22)10-11-6-4-5-7-14(11)18/h4-7,10,12-13,21H,8-9H2,1-3H3/b19-15-,20-10-. The molecule has 0 saturated heterocycles. The SMILES string of the molecule is CC1(C)C2C/C(=N/O)C(C)(/[N+]([O-])=C/c3ccccc3F)CC21. The lowest BCUT2D eigenvalue weighted by Crippen LogP contribution is -2.48. The fourth-order valence-electron chi connectivity index (χ4n) is 3.86. The molecule has 0 bridgehead atoms. The summed E-state index contributed by atoms with van der Waals surface area (Å²) in [6.07, 6.45) is 2.50. The lowest BCUT2D eigenvalue weighted by molar-refractivity contribution is -0.521. The maximum atomic E-state index is 13.8. The minimum absolute atomic E-state index is 0.173. The van der Waals surface area contributed by atoms with E-state index in [9.17, 15) is 14.8 Å². The Labute approximate surface area is 129 Å². The van der Waals surface area contributed by atoms with Gasteiger partial charge in [0.2, 0.25) is 5.54 Å². The maximum Gasteiger partial charge on any atom is 0.211 e. The molecular formula is C17H21FN2O2. The van der Waals surface area contributed by atoms with Crippen LogP contribution in [0.3, 0.4) is 0 Å². The van der Waals surface area contributed by atoms with Gasteiger partial charge in [-0.1, -0.05) is 31.1 Å². The molecule has 3 rings (SSSR count). The van der Waals surface area contributed by atoms with Gasteiger partial charge in [0.25, 0.3) is 0 Å². The van der Waals surface area contributed by atoms with Crippen molar-refractivity contribution in [3.05, 3.63) is 40.9 Å². The Morgan fingerprint density at radius 3 is 2.64 bits per heavy atom. The van der Waals surface area contributed by atoms with E-state index in [-0.39, 0.29) is 11.0 Å². The molecule has 118 valence electrons. The van der Waals surface area contributed by atoms with E-state index in [1.807, 2.05) is 0 Å². The molecule has 1 aromatic carbocycles. The molecule has 3 unspecified atom stereocenters. The molecule has 22 heavy (non-hydrogen) atoms. The van der Waals surface area contributed by atoms with Crippen LogP contribution in [0.2, 0.25) is 0 Å². The molecule has 0 aliphatic heterocycles. The summed E-state index contributed by atoms with van der Waals surface area (Å²) in [7, 11) is 0. The van der Waals surface area contributed by atoms with Gasteiger partial charge in [-0.3, -0.25) is 0 Å². The molecule has 2 aliphatic carbocycles. The molecule has 2 fully saturated rings. The molecule has 0 amide bonds. The molecule has 0 heterocycles. The third-order valence-electron chi connectivity index (χ3n) is 5.71. The van der Waals surface area contributed by atoms with Crippen LogP contribution in [0.5, 0.6) is 0 Å². The molecular weight excluding hydrogens is 283 g/mol. The Morgan fingerprint density at radius 1 is 1.32 bits per heavy atom. The van der Waals surface area contributed by atoms with Gasteiger partial charge in [-0.05, 0) is 35.8 Å². The molecule has 5 heteroatoms. The Bertz CT molecular complexity index is 668. The maximum absolute atomic E-state index is 13.8. The Hall–Kier alpha value is -1.91. The van der Waals surface area contributed by atoms with E-state index in [2.05, 4.69) is 19.0 Å². The zero-order chi connectivity index (χ0) is 16.1. The average molecular weight is 304 g/mol. The molecule has 1 N–H and O–H groups in total. The lowest BCUT2D eigenvalue weighted by Gasteiger charge is -2.31. The predicted octanol–water partition coefficient (Wildman–Crippen LogP) is 3.41. The minimum Gasteiger partial charge on any atom is -0.623 e. The topological polar surface area (TPSA) is 58.7 Å². The fraction of sp³-hybridized carbons (Fsp3) is 0.529. The summed E-state index contributed by atoms with van der Waals surface area (Å²) < 4.78 is 14.5. The normalized spacial score (nSPS) is 35.3. The molecule has 3 atom stereocenters. The highest BCUT2D eigenvalue weighted by molar-refractivity contribution is 5.94. The van der Waals surface area contributed by atoms with Crippen molar-refractivity contribution in [1.29, 1.82) is 0 Å². The Balaban J connectivity index is 1.96. The van der Waals surface area contributed by atoms with Gasteiger partial charge in [-0.25, -0.2) is 9.13 Å². The second-order valence-electron chi connectivity index (χ2n) is 7.24. The van der Waals surface area contributed by atoms with E-state index < -0.39 is 11.4 Å². The average Bonchev–Trinajstić information content (AvgIpc) is 3.00. The van der Waals surface area contributed by atoms with E-state index in [0.29, 0.717) is 30.4 Å². The summed E-state index contributed by atoms with van der Waals surface area (Å²) >= 11 is 0. The molecule has 0 spiro atoms. The lowest BCUT2D eigenvalue weighted by atomic mass is 9.81. The van der Waals surface area contributed by atoms with Crippen LogP contribution in [0, 0.1) is 28.3 Å². The van der Waals surface area contributed by atoms with E-state index in [4.69, 9.17) is 0 Å². The number of rotatable bonds is 2. The van der Waals surface area contributed by atoms with Crippen molar-refractivity contribution in [3.63, 3.8) is 0 Å². The monoisotopic (exact) mass is 304 g/mol. The van der Waals surface area contributed by atoms with Crippen molar-refractivity contribution in [2.45, 2.75) is 39.2 Å². The summed E-state index contributed by atoms with van der Waals surface area (Å²) in [5.74, 6) is 0.469. The number of nitrogens with zero attached hydrogens (tertiary/aromatic N) is 2. The largest absolute Gasteiger partial charge is 0.623 e. The second kappa shape index (κ2) is 4.80. The first-order chi connectivity index (χ1) is 10.3. The van der Waals surface area contributed by atoms with Gasteiger partial charge in [0.1, 0.15) is 11.5 Å². The molecule has 0 radical (unpaired) electrons. The highest BCUT2D eigenvalue weighted by atomic mass is 19.1. The summed E-state index contributed by atoms with van der Waals surface area (Å²) in [5, 5.41) is 25.4. The molecule has 2 saturated carbocycles. The van der Waals surface area contributed by atoms with Crippen molar-refractivity contribution in [1.82, 2.24) is 0 Å². The predicted molar refractivity (Wildman–Crippen MR) is 82.8 cm³/mol. The highest BCUT2D eigenvalue weighted by Gasteiger charge is 2.66. The van der Waals surface area contributed by atoms with Gasteiger partial charge >= 0.3 is 0 Å². The van der Waals surface area contributed by atoms with Crippen LogP contribution in [0.15, 0.2) is 29.4 Å². The summed E-state index contributed by atoms with van der Waals surface area (Å²) in [4.78, 5) is 0. The number of fused-ring (bicyclic) bond motifs is 1. The first kappa shape index (κ1) is 15.0. The number of hydrogen-bond acceptors (Lipinski definition) is 3. The van der Waals surface area contributed by atoms with E-state index in [1.165, 1.54) is 12.3 Å². The Kier molecular flexibility index (Phi) is 3.27. The van der Waals surface area contributed by atoms with Gasteiger partial charge in [-0.2, -0.15) is 0 Å². The first-order valence-electron chi connectivity index (χ1n) is 7.58. The van der Waals surface area contributed by atoms with Crippen molar-refractivity contribution in [3.8, 4) is 0 Å². The minimum atomic E-state index is -0.925. The first-order valence-corrected chi connectivity index (χ1v) is 7.58. The third kappa shape index (κ3) is 2.11. The van der Waals surface area contributed by atoms with Crippen LogP contribution < -0.4 is 0 Å². The smallest absolute Gasteiger partial charge is 0.211 e. The van der Waals surface area contributed by atoms with E-state index in [1.54, 1.807) is 25.1 Å². The van der Waals surface area contributed by atoms with Crippen LogP contribution in [-0.4, -0.2) is 27.4 Å². The van der Waals surface area contributed by atoms with Gasteiger partial charge in [0.05, 0.1) is 5.56 Å². The second-order valence-corrected chi connectivity index (χ2v) is 7.24. The quantitative estimate of drug-likeness (QED) is 0.299. The van der Waals surface area contributed by atoms with Crippen LogP contribution >= 0.6 is 0 Å². The van der Waals surface area contributed by atoms with Gasteiger partial charge < -0.3 is 10.4 Å². The number of hydrogen-bond donors (Lipinski definition) is 1. The van der Waals surface area contributed by atoms with E-state index in [0.717, 1.165) is 4.74 Å². The Morgan fingerprint density at radius 2 is 2.00 bits per heavy atom. The molecule has 2 aliphatic rings. The van der Waals surface area contributed by atoms with Gasteiger partial charge in [0.15, 0.2) is 6.21 Å². The fourth-order valence-corrected chi connectivity index (χ4v) is 3.86. The van der Waals surface area contributed by atoms with Crippen molar-refractivity contribution < 1.29 is 14.3 Å². The zero-order valence-electron chi connectivity index (χ0n) is 13.1. The number of halogens is 1. The van der Waals surface area contributed by atoms with Crippen LogP contribution in [-0.2, 0) is 0 Å². The van der Waals surface area contributed by atoms with Crippen molar-refractivity contribution >= 4 is 11.9 Å². The van der Waals surface area contributed by atoms with Crippen LogP contribution in [0.4, 0.5) is 4.39 Å². The van der Waals surface area contributed by atoms with Crippen molar-refractivity contribution in [2.24, 2.45) is 22.4 Å². The summed E-state index contributed by atoms with van der Waals surface area (Å²) in [6, 6.07) is 6.16. The summed E-state index contributed by atoms with van der Waals surface area (Å²) in [6.45, 7) is 6.13. The van der Waals surface area contributed by atoms with Crippen LogP contribution in [0.1, 0.15) is 39.2 Å².